The van der Waals surface area contributed by atoms with E-state index < -0.39 is 0 Å². The molecule has 8 heteroatoms. The van der Waals surface area contributed by atoms with E-state index in [1.165, 1.54) is 0 Å². The molecule has 3 heterocycles. The molecule has 1 aliphatic heterocycles. The predicted molar refractivity (Wildman–Crippen MR) is 107 cm³/mol. The molecule has 3 aromatic rings. The van der Waals surface area contributed by atoms with E-state index in [0.717, 1.165) is 17.0 Å². The van der Waals surface area contributed by atoms with Gasteiger partial charge in [-0.15, -0.1) is 0 Å². The third kappa shape index (κ3) is 3.72. The van der Waals surface area contributed by atoms with Crippen molar-refractivity contribution in [3.63, 3.8) is 0 Å². The number of nitrogens with zero attached hydrogens (tertiary/aromatic N) is 1. The number of ether oxygens (including phenoxy) is 1. The van der Waals surface area contributed by atoms with Gasteiger partial charge in [0.05, 0.1) is 5.56 Å². The third-order valence-electron chi connectivity index (χ3n) is 4.52. The summed E-state index contributed by atoms with van der Waals surface area (Å²) in [5, 5.41) is 2.90. The molecule has 0 aliphatic carbocycles. The molecule has 0 unspecified atom stereocenters. The second-order valence-electron chi connectivity index (χ2n) is 6.59. The van der Waals surface area contributed by atoms with E-state index in [1.54, 1.807) is 18.2 Å². The van der Waals surface area contributed by atoms with Crippen molar-refractivity contribution in [2.45, 2.75) is 19.8 Å². The molecule has 2 aromatic heterocycles. The number of benzene rings is 1. The number of H-pyrrole nitrogens is 2. The molecule has 0 radical (unpaired) electrons. The molecule has 0 spiro atoms. The molecular formula is C20H18N4O3S. The Morgan fingerprint density at radius 2 is 2.14 bits per heavy atom. The van der Waals surface area contributed by atoms with Crippen molar-refractivity contribution in [3.05, 3.63) is 79.6 Å². The van der Waals surface area contributed by atoms with Crippen LogP contribution in [0.2, 0.25) is 0 Å². The smallest absolute Gasteiger partial charge is 0.259 e. The van der Waals surface area contributed by atoms with Gasteiger partial charge in [-0.1, -0.05) is 12.1 Å². The maximum absolute atomic E-state index is 12.5. The Hall–Kier alpha value is -3.26. The predicted octanol–water partition coefficient (Wildman–Crippen LogP) is 2.80. The molecule has 0 saturated heterocycles. The lowest BCUT2D eigenvalue weighted by atomic mass is 10.0. The van der Waals surface area contributed by atoms with Crippen molar-refractivity contribution in [1.29, 1.82) is 0 Å². The zero-order chi connectivity index (χ0) is 19.7. The lowest BCUT2D eigenvalue weighted by Crippen LogP contribution is -2.26. The lowest BCUT2D eigenvalue weighted by molar-refractivity contribution is 0.0953. The third-order valence-corrected chi connectivity index (χ3v) is 4.73. The summed E-state index contributed by atoms with van der Waals surface area (Å²) in [5.41, 5.74) is 3.44. The highest BCUT2D eigenvalue weighted by Gasteiger charge is 2.21. The van der Waals surface area contributed by atoms with E-state index in [1.807, 2.05) is 25.1 Å². The Labute approximate surface area is 165 Å². The lowest BCUT2D eigenvalue weighted by Gasteiger charge is -2.19. The highest BCUT2D eigenvalue weighted by Crippen LogP contribution is 2.33. The highest BCUT2D eigenvalue weighted by molar-refractivity contribution is 7.71. The number of nitrogens with one attached hydrogen (secondary N) is 3. The Kier molecular flexibility index (Phi) is 4.79. The Balaban J connectivity index is 1.46. The van der Waals surface area contributed by atoms with Gasteiger partial charge in [0.25, 0.3) is 11.5 Å². The molecule has 28 heavy (non-hydrogen) atoms. The number of aryl methyl sites for hydroxylation is 1. The minimum atomic E-state index is -0.268. The van der Waals surface area contributed by atoms with Crippen LogP contribution in [-0.4, -0.2) is 27.4 Å². The largest absolute Gasteiger partial charge is 0.440 e. The minimum absolute atomic E-state index is 0.191. The molecule has 1 amide bonds. The second-order valence-corrected chi connectivity index (χ2v) is 7.00. The number of pyridine rings is 1. The molecule has 0 fully saturated rings. The van der Waals surface area contributed by atoms with Crippen LogP contribution in [0.1, 0.15) is 32.9 Å². The quantitative estimate of drug-likeness (QED) is 0.462. The average molecular weight is 394 g/mol. The van der Waals surface area contributed by atoms with Gasteiger partial charge in [-0.2, -0.15) is 0 Å². The molecule has 7 nitrogen and oxygen atoms in total. The van der Waals surface area contributed by atoms with Crippen LogP contribution < -0.4 is 15.6 Å². The molecule has 4 rings (SSSR count). The van der Waals surface area contributed by atoms with Gasteiger partial charge < -0.3 is 15.0 Å². The maximum Gasteiger partial charge on any atom is 0.259 e. The first-order valence-electron chi connectivity index (χ1n) is 8.86. The fourth-order valence-electron chi connectivity index (χ4n) is 3.12. The van der Waals surface area contributed by atoms with Crippen molar-refractivity contribution in [2.75, 3.05) is 6.54 Å². The Morgan fingerprint density at radius 1 is 1.29 bits per heavy atom. The molecule has 0 saturated carbocycles. The normalized spacial score (nSPS) is 11.9. The molecule has 0 atom stereocenters. The molecule has 3 N–H and O–H groups in total. The topological polar surface area (TPSA) is 99.9 Å². The van der Waals surface area contributed by atoms with Crippen LogP contribution in [0.5, 0.6) is 11.6 Å². The minimum Gasteiger partial charge on any atom is -0.440 e. The van der Waals surface area contributed by atoms with Crippen molar-refractivity contribution in [2.24, 2.45) is 0 Å². The molecule has 142 valence electrons. The number of amides is 1. The first-order valence-corrected chi connectivity index (χ1v) is 9.27. The average Bonchev–Trinajstić information content (AvgIpc) is 2.66. The molecule has 0 bridgehead atoms. The van der Waals surface area contributed by atoms with Crippen LogP contribution in [0.15, 0.2) is 41.2 Å². The first-order chi connectivity index (χ1) is 13.5. The van der Waals surface area contributed by atoms with Crippen LogP contribution >= 0.6 is 12.2 Å². The number of carbonyl (C=O) groups excluding carboxylic acids is 1. The number of fused-ring (bicyclic) bond motifs is 2. The number of hydrogen-bond donors (Lipinski definition) is 3. The number of aromatic nitrogens is 3. The Morgan fingerprint density at radius 3 is 2.96 bits per heavy atom. The Bertz CT molecular complexity index is 1180. The fraction of sp³-hybridized carbons (Fsp3) is 0.200. The fourth-order valence-corrected chi connectivity index (χ4v) is 3.31. The zero-order valence-electron chi connectivity index (χ0n) is 15.2. The van der Waals surface area contributed by atoms with Gasteiger partial charge in [-0.25, -0.2) is 0 Å². The molecule has 1 aromatic carbocycles. The van der Waals surface area contributed by atoms with Gasteiger partial charge in [0, 0.05) is 36.3 Å². The van der Waals surface area contributed by atoms with Gasteiger partial charge >= 0.3 is 0 Å². The summed E-state index contributed by atoms with van der Waals surface area (Å²) in [6.45, 7) is 2.42. The van der Waals surface area contributed by atoms with Crippen molar-refractivity contribution in [1.82, 2.24) is 20.3 Å². The summed E-state index contributed by atoms with van der Waals surface area (Å²) in [4.78, 5) is 34.3. The van der Waals surface area contributed by atoms with E-state index in [-0.39, 0.29) is 16.2 Å². The van der Waals surface area contributed by atoms with Gasteiger partial charge in [-0.05, 0) is 49.0 Å². The maximum atomic E-state index is 12.5. The number of hydrogen-bond acceptors (Lipinski definition) is 5. The van der Waals surface area contributed by atoms with Crippen LogP contribution in [0, 0.1) is 11.7 Å². The summed E-state index contributed by atoms with van der Waals surface area (Å²) < 4.78 is 5.98. The van der Waals surface area contributed by atoms with E-state index >= 15 is 0 Å². The van der Waals surface area contributed by atoms with E-state index in [9.17, 15) is 9.59 Å². The highest BCUT2D eigenvalue weighted by atomic mass is 32.1. The summed E-state index contributed by atoms with van der Waals surface area (Å²) in [6.07, 6.45) is 1.06. The standard InChI is InChI=1S/C20H18N4O3S/c1-11-3-2-4-14(22-11)7-8-21-17(25)13-6-5-12-9-15-18(26)23-20(28)24-19(15)27-16(12)10-13/h2-6,10H,7-9H2,1H3,(H,21,25)(H2,23,24,26,28). The molecular weight excluding hydrogens is 376 g/mol. The monoisotopic (exact) mass is 394 g/mol. The summed E-state index contributed by atoms with van der Waals surface area (Å²) in [6, 6.07) is 11.0. The van der Waals surface area contributed by atoms with Crippen molar-refractivity contribution >= 4 is 18.1 Å². The van der Waals surface area contributed by atoms with Crippen LogP contribution in [0.4, 0.5) is 0 Å². The SMILES string of the molecule is Cc1cccc(CCNC(=O)c2ccc3c(c2)Oc2[nH]c(=S)[nH]c(=O)c2C3)n1. The zero-order valence-corrected chi connectivity index (χ0v) is 16.0. The second kappa shape index (κ2) is 7.40. The van der Waals surface area contributed by atoms with Gasteiger partial charge in [0.2, 0.25) is 5.88 Å². The van der Waals surface area contributed by atoms with Gasteiger partial charge in [-0.3, -0.25) is 19.6 Å². The first kappa shape index (κ1) is 18.1. The van der Waals surface area contributed by atoms with Crippen molar-refractivity contribution < 1.29 is 9.53 Å². The summed E-state index contributed by atoms with van der Waals surface area (Å²) in [7, 11) is 0. The van der Waals surface area contributed by atoms with E-state index in [0.29, 0.717) is 42.1 Å². The summed E-state index contributed by atoms with van der Waals surface area (Å²) in [5.74, 6) is 0.671. The van der Waals surface area contributed by atoms with Gasteiger partial charge in [0.15, 0.2) is 4.77 Å². The van der Waals surface area contributed by atoms with E-state index in [4.69, 9.17) is 17.0 Å². The van der Waals surface area contributed by atoms with Crippen LogP contribution in [0.3, 0.4) is 0 Å². The number of rotatable bonds is 4. The van der Waals surface area contributed by atoms with Crippen molar-refractivity contribution in [3.8, 4) is 11.6 Å². The molecule has 1 aliphatic rings. The van der Waals surface area contributed by atoms with Crippen LogP contribution in [-0.2, 0) is 12.8 Å². The van der Waals surface area contributed by atoms with E-state index in [2.05, 4.69) is 20.3 Å². The number of carbonyl (C=O) groups is 1. The van der Waals surface area contributed by atoms with Gasteiger partial charge in [0.1, 0.15) is 5.75 Å². The van der Waals surface area contributed by atoms with Crippen LogP contribution in [0.25, 0.3) is 0 Å². The summed E-state index contributed by atoms with van der Waals surface area (Å²) >= 11 is 4.99. The number of aromatic amines is 2.